The zero-order valence-electron chi connectivity index (χ0n) is 17.2. The summed E-state index contributed by atoms with van der Waals surface area (Å²) in [6, 6.07) is 15.7. The highest BCUT2D eigenvalue weighted by atomic mass is 32.2. The summed E-state index contributed by atoms with van der Waals surface area (Å²) in [6.07, 6.45) is 3.55. The normalized spacial score (nSPS) is 10.5. The van der Waals surface area contributed by atoms with E-state index in [9.17, 15) is 8.42 Å². The number of sulfonamides is 1. The van der Waals surface area contributed by atoms with Gasteiger partial charge in [-0.05, 0) is 67.4 Å². The average molecular weight is 410 g/mol. The van der Waals surface area contributed by atoms with Gasteiger partial charge in [0.1, 0.15) is 0 Å². The fourth-order valence-corrected chi connectivity index (χ4v) is 3.72. The van der Waals surface area contributed by atoms with Crippen molar-refractivity contribution in [3.8, 4) is 11.1 Å². The Kier molecular flexibility index (Phi) is 7.56. The number of allylic oxidation sites excluding steroid dienone is 1. The zero-order valence-corrected chi connectivity index (χ0v) is 18.0. The minimum Gasteiger partial charge on any atom is -0.360 e. The lowest BCUT2D eigenvalue weighted by Crippen LogP contribution is -2.12. The summed E-state index contributed by atoms with van der Waals surface area (Å²) in [5, 5.41) is 3.04. The van der Waals surface area contributed by atoms with Gasteiger partial charge in [-0.3, -0.25) is 9.71 Å². The molecule has 0 saturated heterocycles. The molecule has 1 aromatic heterocycles. The first kappa shape index (κ1) is 22.2. The number of benzene rings is 2. The van der Waals surface area contributed by atoms with Crippen LogP contribution >= 0.6 is 0 Å². The van der Waals surface area contributed by atoms with Crippen LogP contribution in [0.5, 0.6) is 0 Å². The number of pyridine rings is 1. The first-order chi connectivity index (χ1) is 13.8. The van der Waals surface area contributed by atoms with Gasteiger partial charge in [-0.15, -0.1) is 0 Å². The summed E-state index contributed by atoms with van der Waals surface area (Å²) in [7, 11) is -3.66. The van der Waals surface area contributed by atoms with E-state index in [1.54, 1.807) is 48.8 Å². The van der Waals surface area contributed by atoms with Gasteiger partial charge in [0.15, 0.2) is 0 Å². The van der Waals surface area contributed by atoms with E-state index in [2.05, 4.69) is 21.6 Å². The largest absolute Gasteiger partial charge is 0.360 e. The van der Waals surface area contributed by atoms with E-state index < -0.39 is 10.0 Å². The number of rotatable bonds is 6. The van der Waals surface area contributed by atoms with Crippen molar-refractivity contribution < 1.29 is 8.42 Å². The summed E-state index contributed by atoms with van der Waals surface area (Å²) in [5.41, 5.74) is 5.20. The molecule has 3 rings (SSSR count). The molecule has 1 heterocycles. The lowest BCUT2D eigenvalue weighted by molar-refractivity contribution is 0.601. The van der Waals surface area contributed by atoms with Crippen LogP contribution in [-0.4, -0.2) is 13.4 Å². The molecule has 0 amide bonds. The second-order valence-corrected chi connectivity index (χ2v) is 7.99. The van der Waals surface area contributed by atoms with Crippen LogP contribution in [0, 0.1) is 6.92 Å². The van der Waals surface area contributed by atoms with Crippen LogP contribution in [0.3, 0.4) is 0 Å². The molecule has 0 saturated carbocycles. The fourth-order valence-electron chi connectivity index (χ4n) is 2.66. The van der Waals surface area contributed by atoms with Gasteiger partial charge < -0.3 is 5.32 Å². The molecule has 6 heteroatoms. The molecule has 0 radical (unpaired) electrons. The van der Waals surface area contributed by atoms with Crippen molar-refractivity contribution in [1.82, 2.24) is 4.98 Å². The molecule has 2 aromatic carbocycles. The summed E-state index contributed by atoms with van der Waals surface area (Å²) in [4.78, 5) is 4.34. The lowest BCUT2D eigenvalue weighted by atomic mass is 10.0. The molecular weight excluding hydrogens is 382 g/mol. The highest BCUT2D eigenvalue weighted by Gasteiger charge is 2.14. The van der Waals surface area contributed by atoms with Gasteiger partial charge in [-0.1, -0.05) is 32.6 Å². The topological polar surface area (TPSA) is 71.1 Å². The number of nitrogens with one attached hydrogen (secondary N) is 2. The van der Waals surface area contributed by atoms with E-state index in [0.29, 0.717) is 5.69 Å². The molecule has 0 atom stereocenters. The van der Waals surface area contributed by atoms with E-state index in [1.165, 1.54) is 0 Å². The van der Waals surface area contributed by atoms with Crippen molar-refractivity contribution in [3.63, 3.8) is 0 Å². The Bertz CT molecular complexity index is 1060. The number of nitrogens with zero attached hydrogens (tertiary/aromatic N) is 1. The summed E-state index contributed by atoms with van der Waals surface area (Å²) in [5.74, 6) is 0. The summed E-state index contributed by atoms with van der Waals surface area (Å²) < 4.78 is 27.8. The quantitative estimate of drug-likeness (QED) is 0.537. The van der Waals surface area contributed by atoms with Crippen LogP contribution in [0.15, 0.2) is 84.2 Å². The second kappa shape index (κ2) is 9.89. The average Bonchev–Trinajstić information content (AvgIpc) is 2.70. The molecule has 0 fully saturated rings. The molecule has 0 aliphatic rings. The van der Waals surface area contributed by atoms with Gasteiger partial charge in [0.2, 0.25) is 0 Å². The lowest BCUT2D eigenvalue weighted by Gasteiger charge is -2.11. The Hall–Kier alpha value is -3.12. The molecule has 0 aliphatic carbocycles. The predicted octanol–water partition coefficient (Wildman–Crippen LogP) is 5.83. The molecule has 0 spiro atoms. The van der Waals surface area contributed by atoms with Crippen LogP contribution in [0.4, 0.5) is 11.4 Å². The fraction of sp³-hybridized carbons (Fsp3) is 0.174. The Morgan fingerprint density at radius 1 is 0.931 bits per heavy atom. The van der Waals surface area contributed by atoms with Crippen LogP contribution in [0.25, 0.3) is 11.1 Å². The van der Waals surface area contributed by atoms with Gasteiger partial charge in [-0.2, -0.15) is 0 Å². The third-order valence-corrected chi connectivity index (χ3v) is 5.41. The maximum atomic E-state index is 12.6. The Labute approximate surface area is 173 Å². The van der Waals surface area contributed by atoms with Crippen molar-refractivity contribution in [2.75, 3.05) is 10.0 Å². The maximum Gasteiger partial charge on any atom is 0.261 e. The molecule has 0 unspecified atom stereocenters. The standard InChI is InChI=1S/C21H21N3O2S.C2H6/c1-15(2)23-18-8-10-20(11-9-18)27(25,26)24-19-6-4-17(5-7-19)21-14-22-13-12-16(21)3;1-2/h4-14,23-24H,1H2,2-3H3;1-2H3. The molecule has 0 bridgehead atoms. The second-order valence-electron chi connectivity index (χ2n) is 6.30. The van der Waals surface area contributed by atoms with Crippen molar-refractivity contribution in [2.24, 2.45) is 0 Å². The van der Waals surface area contributed by atoms with Gasteiger partial charge in [0.25, 0.3) is 10.0 Å². The number of aromatic nitrogens is 1. The zero-order chi connectivity index (χ0) is 21.4. The summed E-state index contributed by atoms with van der Waals surface area (Å²) in [6.45, 7) is 11.6. The minimum absolute atomic E-state index is 0.196. The van der Waals surface area contributed by atoms with E-state index >= 15 is 0 Å². The third kappa shape index (κ3) is 5.93. The Morgan fingerprint density at radius 3 is 2.07 bits per heavy atom. The van der Waals surface area contributed by atoms with Crippen molar-refractivity contribution in [3.05, 3.63) is 84.8 Å². The highest BCUT2D eigenvalue weighted by molar-refractivity contribution is 7.92. The number of anilines is 2. The van der Waals surface area contributed by atoms with Gasteiger partial charge in [0.05, 0.1) is 4.90 Å². The highest BCUT2D eigenvalue weighted by Crippen LogP contribution is 2.25. The molecular formula is C23H27N3O2S. The SMILES string of the molecule is C=C(C)Nc1ccc(S(=O)(=O)Nc2ccc(-c3cnccc3C)cc2)cc1.CC. The minimum atomic E-state index is -3.66. The molecule has 0 aliphatic heterocycles. The van der Waals surface area contributed by atoms with E-state index in [4.69, 9.17) is 0 Å². The van der Waals surface area contributed by atoms with Gasteiger partial charge in [-0.25, -0.2) is 8.42 Å². The monoisotopic (exact) mass is 409 g/mol. The van der Waals surface area contributed by atoms with Crippen LogP contribution in [-0.2, 0) is 10.0 Å². The maximum absolute atomic E-state index is 12.6. The predicted molar refractivity (Wildman–Crippen MR) is 121 cm³/mol. The Morgan fingerprint density at radius 2 is 1.52 bits per heavy atom. The smallest absolute Gasteiger partial charge is 0.261 e. The van der Waals surface area contributed by atoms with Crippen LogP contribution in [0.2, 0.25) is 0 Å². The summed E-state index contributed by atoms with van der Waals surface area (Å²) >= 11 is 0. The molecule has 3 aromatic rings. The van der Waals surface area contributed by atoms with Crippen molar-refractivity contribution in [2.45, 2.75) is 32.6 Å². The van der Waals surface area contributed by atoms with Crippen molar-refractivity contribution in [1.29, 1.82) is 0 Å². The first-order valence-electron chi connectivity index (χ1n) is 9.41. The molecule has 2 N–H and O–H groups in total. The molecule has 5 nitrogen and oxygen atoms in total. The molecule has 29 heavy (non-hydrogen) atoms. The van der Waals surface area contributed by atoms with Gasteiger partial charge in [0, 0.05) is 35.0 Å². The molecule has 152 valence electrons. The van der Waals surface area contributed by atoms with E-state index in [-0.39, 0.29) is 4.90 Å². The van der Waals surface area contributed by atoms with E-state index in [1.807, 2.05) is 45.9 Å². The van der Waals surface area contributed by atoms with E-state index in [0.717, 1.165) is 28.1 Å². The van der Waals surface area contributed by atoms with Crippen LogP contribution in [0.1, 0.15) is 26.3 Å². The van der Waals surface area contributed by atoms with Gasteiger partial charge >= 0.3 is 0 Å². The van der Waals surface area contributed by atoms with Crippen LogP contribution < -0.4 is 10.0 Å². The Balaban J connectivity index is 0.00000145. The van der Waals surface area contributed by atoms with Crippen molar-refractivity contribution >= 4 is 21.4 Å². The first-order valence-corrected chi connectivity index (χ1v) is 10.9. The number of aryl methyl sites for hydroxylation is 1. The number of hydrogen-bond acceptors (Lipinski definition) is 4. The number of hydrogen-bond donors (Lipinski definition) is 2. The third-order valence-electron chi connectivity index (χ3n) is 4.01.